The van der Waals surface area contributed by atoms with E-state index < -0.39 is 0 Å². The van der Waals surface area contributed by atoms with E-state index in [9.17, 15) is 4.79 Å². The van der Waals surface area contributed by atoms with Gasteiger partial charge in [-0.05, 0) is 6.07 Å². The third-order valence-corrected chi connectivity index (χ3v) is 3.02. The van der Waals surface area contributed by atoms with E-state index in [4.69, 9.17) is 4.74 Å². The largest absolute Gasteiger partial charge is 0.478 e. The number of carbonyl (C=O) groups is 1. The van der Waals surface area contributed by atoms with Gasteiger partial charge in [0.2, 0.25) is 5.65 Å². The molecule has 9 nitrogen and oxygen atoms in total. The van der Waals surface area contributed by atoms with Crippen LogP contribution in [-0.4, -0.2) is 42.4 Å². The summed E-state index contributed by atoms with van der Waals surface area (Å²) in [6.07, 6.45) is 4.86. The van der Waals surface area contributed by atoms with E-state index in [-0.39, 0.29) is 12.5 Å². The van der Waals surface area contributed by atoms with E-state index in [1.807, 2.05) is 0 Å². The highest BCUT2D eigenvalue weighted by Crippen LogP contribution is 2.13. The topological polar surface area (TPSA) is 99.2 Å². The summed E-state index contributed by atoms with van der Waals surface area (Å²) < 4.78 is 8.33. The third kappa shape index (κ3) is 2.29. The molecular formula is C12H13N7O2. The number of aryl methyl sites for hydroxylation is 1. The zero-order valence-corrected chi connectivity index (χ0v) is 11.5. The lowest BCUT2D eigenvalue weighted by Crippen LogP contribution is -2.26. The molecule has 21 heavy (non-hydrogen) atoms. The van der Waals surface area contributed by atoms with Gasteiger partial charge in [0.25, 0.3) is 11.8 Å². The average molecular weight is 287 g/mol. The van der Waals surface area contributed by atoms with Crippen LogP contribution in [0.4, 0.5) is 0 Å². The molecule has 3 heterocycles. The number of amides is 1. The highest BCUT2D eigenvalue weighted by atomic mass is 16.5. The number of hydrogen-bond acceptors (Lipinski definition) is 6. The smallest absolute Gasteiger partial charge is 0.269 e. The van der Waals surface area contributed by atoms with Crippen LogP contribution in [0.3, 0.4) is 0 Å². The minimum atomic E-state index is -0.229. The molecule has 0 aromatic carbocycles. The van der Waals surface area contributed by atoms with Gasteiger partial charge in [-0.2, -0.15) is 5.10 Å². The van der Waals surface area contributed by atoms with Crippen molar-refractivity contribution < 1.29 is 9.53 Å². The molecule has 1 N–H and O–H groups in total. The predicted molar refractivity (Wildman–Crippen MR) is 71.7 cm³/mol. The Hall–Kier alpha value is -2.97. The quantitative estimate of drug-likeness (QED) is 0.713. The zero-order valence-electron chi connectivity index (χ0n) is 11.5. The van der Waals surface area contributed by atoms with Gasteiger partial charge in [0, 0.05) is 25.6 Å². The minimum absolute atomic E-state index is 0.229. The number of methoxy groups -OCH3 is 1. The van der Waals surface area contributed by atoms with Crippen molar-refractivity contribution in [3.05, 3.63) is 36.2 Å². The molecule has 0 radical (unpaired) electrons. The molecule has 3 aromatic heterocycles. The minimum Gasteiger partial charge on any atom is -0.478 e. The molecule has 0 bridgehead atoms. The monoisotopic (exact) mass is 287 g/mol. The van der Waals surface area contributed by atoms with Crippen LogP contribution < -0.4 is 10.1 Å². The Bertz CT molecular complexity index is 792. The van der Waals surface area contributed by atoms with E-state index in [0.29, 0.717) is 23.0 Å². The van der Waals surface area contributed by atoms with E-state index >= 15 is 0 Å². The fourth-order valence-corrected chi connectivity index (χ4v) is 1.96. The number of ether oxygens (including phenoxy) is 1. The second-order valence-corrected chi connectivity index (χ2v) is 4.27. The first kappa shape index (κ1) is 13.0. The molecule has 3 aromatic rings. The van der Waals surface area contributed by atoms with Crippen molar-refractivity contribution in [2.24, 2.45) is 7.05 Å². The molecule has 0 aliphatic rings. The van der Waals surface area contributed by atoms with Crippen molar-refractivity contribution in [1.82, 2.24) is 34.7 Å². The average Bonchev–Trinajstić information content (AvgIpc) is 3.10. The van der Waals surface area contributed by atoms with Crippen LogP contribution in [0.1, 0.15) is 16.3 Å². The van der Waals surface area contributed by atoms with Crippen molar-refractivity contribution in [2.75, 3.05) is 7.11 Å². The summed E-state index contributed by atoms with van der Waals surface area (Å²) in [4.78, 5) is 16.1. The fourth-order valence-electron chi connectivity index (χ4n) is 1.96. The van der Waals surface area contributed by atoms with Crippen LogP contribution in [0.15, 0.2) is 24.7 Å². The molecule has 9 heteroatoms. The summed E-state index contributed by atoms with van der Waals surface area (Å²) in [5.74, 6) is 0.739. The van der Waals surface area contributed by atoms with Crippen LogP contribution in [0.25, 0.3) is 5.65 Å². The molecule has 0 fully saturated rings. The molecule has 3 rings (SSSR count). The van der Waals surface area contributed by atoms with Crippen LogP contribution >= 0.6 is 0 Å². The van der Waals surface area contributed by atoms with Crippen molar-refractivity contribution in [3.8, 4) is 5.88 Å². The molecule has 0 aliphatic carbocycles. The SMILES string of the molecule is COc1nccn2c(CNC(=O)c3ccnn3C)nnc12. The number of nitrogens with zero attached hydrogens (tertiary/aromatic N) is 6. The lowest BCUT2D eigenvalue weighted by molar-refractivity contribution is 0.0940. The van der Waals surface area contributed by atoms with Gasteiger partial charge < -0.3 is 10.1 Å². The van der Waals surface area contributed by atoms with Crippen molar-refractivity contribution in [2.45, 2.75) is 6.54 Å². The molecule has 0 atom stereocenters. The van der Waals surface area contributed by atoms with Crippen LogP contribution in [0, 0.1) is 0 Å². The molecule has 0 saturated heterocycles. The summed E-state index contributed by atoms with van der Waals surface area (Å²) in [5, 5.41) is 14.8. The first-order chi connectivity index (χ1) is 10.2. The lowest BCUT2D eigenvalue weighted by Gasteiger charge is -2.05. The van der Waals surface area contributed by atoms with Gasteiger partial charge >= 0.3 is 0 Å². The predicted octanol–water partition coefficient (Wildman–Crippen LogP) is -0.204. The number of aromatic nitrogens is 6. The number of nitrogens with one attached hydrogen (secondary N) is 1. The molecule has 0 aliphatic heterocycles. The maximum atomic E-state index is 12.0. The van der Waals surface area contributed by atoms with Crippen molar-refractivity contribution in [3.63, 3.8) is 0 Å². The third-order valence-electron chi connectivity index (χ3n) is 3.02. The molecule has 108 valence electrons. The maximum Gasteiger partial charge on any atom is 0.269 e. The number of carbonyl (C=O) groups excluding carboxylic acids is 1. The standard InChI is InChI=1S/C12H13N7O2/c1-18-8(3-4-15-18)11(20)14-7-9-16-17-10-12(21-2)13-5-6-19(9)10/h3-6H,7H2,1-2H3,(H,14,20). The molecule has 0 spiro atoms. The second kappa shape index (κ2) is 5.19. The molecule has 0 unspecified atom stereocenters. The van der Waals surface area contributed by atoms with Crippen molar-refractivity contribution >= 4 is 11.6 Å². The Labute approximate surface area is 119 Å². The van der Waals surface area contributed by atoms with Crippen LogP contribution in [0.2, 0.25) is 0 Å². The summed E-state index contributed by atoms with van der Waals surface area (Å²) in [6, 6.07) is 1.64. The van der Waals surface area contributed by atoms with E-state index in [0.717, 1.165) is 0 Å². The first-order valence-electron chi connectivity index (χ1n) is 6.19. The van der Waals surface area contributed by atoms with Gasteiger partial charge in [0.05, 0.1) is 13.7 Å². The van der Waals surface area contributed by atoms with Crippen LogP contribution in [0.5, 0.6) is 5.88 Å². The zero-order chi connectivity index (χ0) is 14.8. The van der Waals surface area contributed by atoms with Gasteiger partial charge in [-0.25, -0.2) is 4.98 Å². The second-order valence-electron chi connectivity index (χ2n) is 4.27. The molecule has 1 amide bonds. The van der Waals surface area contributed by atoms with E-state index in [1.165, 1.54) is 11.8 Å². The maximum absolute atomic E-state index is 12.0. The van der Waals surface area contributed by atoms with Crippen molar-refractivity contribution in [1.29, 1.82) is 0 Å². The number of hydrogen-bond donors (Lipinski definition) is 1. The summed E-state index contributed by atoms with van der Waals surface area (Å²) in [6.45, 7) is 0.234. The van der Waals surface area contributed by atoms with Gasteiger partial charge in [-0.1, -0.05) is 0 Å². The highest BCUT2D eigenvalue weighted by molar-refractivity contribution is 5.92. The Kier molecular flexibility index (Phi) is 3.22. The summed E-state index contributed by atoms with van der Waals surface area (Å²) >= 11 is 0. The van der Waals surface area contributed by atoms with Gasteiger partial charge in [-0.15, -0.1) is 10.2 Å². The van der Waals surface area contributed by atoms with E-state index in [1.54, 1.807) is 36.1 Å². The van der Waals surface area contributed by atoms with Gasteiger partial charge in [0.15, 0.2) is 5.82 Å². The van der Waals surface area contributed by atoms with Gasteiger partial charge in [0.1, 0.15) is 5.69 Å². The normalized spacial score (nSPS) is 10.8. The number of fused-ring (bicyclic) bond motifs is 1. The summed E-state index contributed by atoms with van der Waals surface area (Å²) in [5.41, 5.74) is 0.979. The van der Waals surface area contributed by atoms with E-state index in [2.05, 4.69) is 25.6 Å². The Balaban J connectivity index is 1.80. The highest BCUT2D eigenvalue weighted by Gasteiger charge is 2.13. The molecule has 0 saturated carbocycles. The fraction of sp³-hybridized carbons (Fsp3) is 0.250. The summed E-state index contributed by atoms with van der Waals surface area (Å²) in [7, 11) is 3.22. The molecular weight excluding hydrogens is 274 g/mol. The lowest BCUT2D eigenvalue weighted by atomic mass is 10.4. The van der Waals surface area contributed by atoms with Crippen LogP contribution in [-0.2, 0) is 13.6 Å². The Morgan fingerprint density at radius 1 is 1.38 bits per heavy atom. The first-order valence-corrected chi connectivity index (χ1v) is 6.19. The number of rotatable bonds is 4. The van der Waals surface area contributed by atoms with Gasteiger partial charge in [-0.3, -0.25) is 13.9 Å². The Morgan fingerprint density at radius 3 is 2.95 bits per heavy atom. The Morgan fingerprint density at radius 2 is 2.24 bits per heavy atom.